The summed E-state index contributed by atoms with van der Waals surface area (Å²) in [6, 6.07) is 22.2. The average Bonchev–Trinajstić information content (AvgIpc) is 3.20. The molecule has 0 bridgehead atoms. The van der Waals surface area contributed by atoms with Crippen LogP contribution in [0.4, 0.5) is 18.9 Å². The van der Waals surface area contributed by atoms with Crippen molar-refractivity contribution >= 4 is 11.6 Å². The number of nitrogens with one attached hydrogen (secondary N) is 1. The molecule has 4 aromatic rings. The van der Waals surface area contributed by atoms with Gasteiger partial charge in [0.05, 0.1) is 24.0 Å². The third kappa shape index (κ3) is 5.01. The van der Waals surface area contributed by atoms with E-state index in [-0.39, 0.29) is 12.5 Å². The number of halogens is 3. The number of carbonyl (C=O) groups is 1. The first-order valence-electron chi connectivity index (χ1n) is 9.54. The fraction of sp³-hybridized carbons (Fsp3) is 0.0833. The lowest BCUT2D eigenvalue weighted by Crippen LogP contribution is -2.11. The van der Waals surface area contributed by atoms with Gasteiger partial charge in [-0.25, -0.2) is 0 Å². The number of hydrogen-bond donors (Lipinski definition) is 1. The number of benzene rings is 3. The van der Waals surface area contributed by atoms with Crippen LogP contribution in [0, 0.1) is 0 Å². The van der Waals surface area contributed by atoms with Gasteiger partial charge in [0.15, 0.2) is 0 Å². The molecule has 0 saturated heterocycles. The first-order chi connectivity index (χ1) is 14.9. The summed E-state index contributed by atoms with van der Waals surface area (Å²) in [7, 11) is 0. The molecule has 1 heterocycles. The molecule has 0 fully saturated rings. The Kier molecular flexibility index (Phi) is 5.58. The van der Waals surface area contributed by atoms with Crippen LogP contribution in [0.15, 0.2) is 91.3 Å². The number of rotatable bonds is 5. The summed E-state index contributed by atoms with van der Waals surface area (Å²) < 4.78 is 40.1. The molecule has 156 valence electrons. The van der Waals surface area contributed by atoms with Crippen molar-refractivity contribution < 1.29 is 18.0 Å². The Balaban J connectivity index is 1.41. The normalized spacial score (nSPS) is 11.3. The van der Waals surface area contributed by atoms with E-state index in [9.17, 15) is 18.0 Å². The SMILES string of the molecule is O=C(Nc1cnn(Cc2cccc(C(F)(F)F)c2)c1)c1ccc(-c2ccccc2)cc1. The van der Waals surface area contributed by atoms with Gasteiger partial charge in [0.1, 0.15) is 0 Å². The molecule has 0 aliphatic heterocycles. The smallest absolute Gasteiger partial charge is 0.319 e. The first kappa shape index (κ1) is 20.4. The van der Waals surface area contributed by atoms with Crippen molar-refractivity contribution in [3.05, 3.63) is 108 Å². The van der Waals surface area contributed by atoms with Crippen LogP contribution in [-0.4, -0.2) is 15.7 Å². The Morgan fingerprint density at radius 1 is 0.903 bits per heavy atom. The lowest BCUT2D eigenvalue weighted by Gasteiger charge is -2.08. The van der Waals surface area contributed by atoms with Gasteiger partial charge in [-0.1, -0.05) is 54.6 Å². The van der Waals surface area contributed by atoms with Crippen LogP contribution in [0.5, 0.6) is 0 Å². The maximum atomic E-state index is 12.9. The molecule has 4 nitrogen and oxygen atoms in total. The second-order valence-corrected chi connectivity index (χ2v) is 7.02. The Bertz CT molecular complexity index is 1180. The molecule has 0 radical (unpaired) electrons. The molecule has 1 aromatic heterocycles. The Morgan fingerprint density at radius 3 is 2.32 bits per heavy atom. The highest BCUT2D eigenvalue weighted by Gasteiger charge is 2.30. The molecular formula is C24H18F3N3O. The van der Waals surface area contributed by atoms with Gasteiger partial charge in [-0.2, -0.15) is 18.3 Å². The van der Waals surface area contributed by atoms with Crippen LogP contribution in [-0.2, 0) is 12.7 Å². The lowest BCUT2D eigenvalue weighted by atomic mass is 10.0. The number of amides is 1. The molecule has 4 rings (SSSR count). The van der Waals surface area contributed by atoms with Crippen molar-refractivity contribution in [2.45, 2.75) is 12.7 Å². The second kappa shape index (κ2) is 8.47. The highest BCUT2D eigenvalue weighted by molar-refractivity contribution is 6.04. The van der Waals surface area contributed by atoms with Gasteiger partial charge in [0.25, 0.3) is 5.91 Å². The maximum absolute atomic E-state index is 12.9. The molecular weight excluding hydrogens is 403 g/mol. The zero-order valence-corrected chi connectivity index (χ0v) is 16.3. The minimum Gasteiger partial charge on any atom is -0.319 e. The topological polar surface area (TPSA) is 46.9 Å². The molecule has 0 atom stereocenters. The fourth-order valence-corrected chi connectivity index (χ4v) is 3.20. The summed E-state index contributed by atoms with van der Waals surface area (Å²) >= 11 is 0. The summed E-state index contributed by atoms with van der Waals surface area (Å²) in [5.41, 5.74) is 2.78. The predicted molar refractivity (Wildman–Crippen MR) is 113 cm³/mol. The highest BCUT2D eigenvalue weighted by atomic mass is 19.4. The van der Waals surface area contributed by atoms with E-state index in [0.29, 0.717) is 16.8 Å². The van der Waals surface area contributed by atoms with Crippen LogP contribution >= 0.6 is 0 Å². The molecule has 1 amide bonds. The summed E-state index contributed by atoms with van der Waals surface area (Å²) in [6.45, 7) is 0.158. The van der Waals surface area contributed by atoms with Gasteiger partial charge in [-0.3, -0.25) is 9.48 Å². The second-order valence-electron chi connectivity index (χ2n) is 7.02. The van der Waals surface area contributed by atoms with Crippen molar-refractivity contribution in [2.75, 3.05) is 5.32 Å². The zero-order valence-electron chi connectivity index (χ0n) is 16.3. The summed E-state index contributed by atoms with van der Waals surface area (Å²) in [6.07, 6.45) is -1.35. The van der Waals surface area contributed by atoms with Crippen molar-refractivity contribution in [1.82, 2.24) is 9.78 Å². The van der Waals surface area contributed by atoms with Crippen LogP contribution < -0.4 is 5.32 Å². The van der Waals surface area contributed by atoms with E-state index in [2.05, 4.69) is 10.4 Å². The summed E-state index contributed by atoms with van der Waals surface area (Å²) in [5.74, 6) is -0.293. The number of alkyl halides is 3. The number of aromatic nitrogens is 2. The molecule has 0 aliphatic rings. The van der Waals surface area contributed by atoms with Gasteiger partial charge in [0, 0.05) is 11.8 Å². The Labute approximate surface area is 177 Å². The van der Waals surface area contributed by atoms with Crippen LogP contribution in [0.3, 0.4) is 0 Å². The Hall–Kier alpha value is -3.87. The van der Waals surface area contributed by atoms with E-state index in [1.165, 1.54) is 16.9 Å². The summed E-state index contributed by atoms with van der Waals surface area (Å²) in [5, 5.41) is 6.88. The quantitative estimate of drug-likeness (QED) is 0.438. The van der Waals surface area contributed by atoms with E-state index < -0.39 is 11.7 Å². The standard InChI is InChI=1S/C24H18F3N3O/c25-24(26,27)21-8-4-5-17(13-21)15-30-16-22(14-28-30)29-23(31)20-11-9-19(10-12-20)18-6-2-1-3-7-18/h1-14,16H,15H2,(H,29,31). The number of nitrogens with zero attached hydrogens (tertiary/aromatic N) is 2. The molecule has 31 heavy (non-hydrogen) atoms. The minimum atomic E-state index is -4.39. The lowest BCUT2D eigenvalue weighted by molar-refractivity contribution is -0.137. The molecule has 0 spiro atoms. The molecule has 1 N–H and O–H groups in total. The van der Waals surface area contributed by atoms with E-state index in [1.807, 2.05) is 42.5 Å². The monoisotopic (exact) mass is 421 g/mol. The number of hydrogen-bond acceptors (Lipinski definition) is 2. The van der Waals surface area contributed by atoms with Crippen LogP contribution in [0.1, 0.15) is 21.5 Å². The van der Waals surface area contributed by atoms with Gasteiger partial charge in [0.2, 0.25) is 0 Å². The fourth-order valence-electron chi connectivity index (χ4n) is 3.20. The Morgan fingerprint density at radius 2 is 1.61 bits per heavy atom. The predicted octanol–water partition coefficient (Wildman–Crippen LogP) is 5.87. The van der Waals surface area contributed by atoms with Crippen LogP contribution in [0.2, 0.25) is 0 Å². The minimum absolute atomic E-state index is 0.158. The number of carbonyl (C=O) groups excluding carboxylic acids is 1. The van der Waals surface area contributed by atoms with E-state index in [0.717, 1.165) is 23.3 Å². The van der Waals surface area contributed by atoms with E-state index in [4.69, 9.17) is 0 Å². The van der Waals surface area contributed by atoms with Gasteiger partial charge in [-0.15, -0.1) is 0 Å². The van der Waals surface area contributed by atoms with Gasteiger partial charge >= 0.3 is 6.18 Å². The maximum Gasteiger partial charge on any atom is 0.416 e. The van der Waals surface area contributed by atoms with Crippen molar-refractivity contribution in [3.63, 3.8) is 0 Å². The van der Waals surface area contributed by atoms with Crippen molar-refractivity contribution in [3.8, 4) is 11.1 Å². The third-order valence-corrected chi connectivity index (χ3v) is 4.74. The van der Waals surface area contributed by atoms with Crippen LogP contribution in [0.25, 0.3) is 11.1 Å². The molecule has 0 unspecified atom stereocenters. The van der Waals surface area contributed by atoms with E-state index >= 15 is 0 Å². The average molecular weight is 421 g/mol. The van der Waals surface area contributed by atoms with Crippen molar-refractivity contribution in [2.24, 2.45) is 0 Å². The molecule has 7 heteroatoms. The summed E-state index contributed by atoms with van der Waals surface area (Å²) in [4.78, 5) is 12.5. The zero-order chi connectivity index (χ0) is 21.8. The van der Waals surface area contributed by atoms with Gasteiger partial charge in [-0.05, 0) is 41.0 Å². The highest BCUT2D eigenvalue weighted by Crippen LogP contribution is 2.29. The molecule has 3 aromatic carbocycles. The third-order valence-electron chi connectivity index (χ3n) is 4.74. The van der Waals surface area contributed by atoms with Crippen molar-refractivity contribution in [1.29, 1.82) is 0 Å². The van der Waals surface area contributed by atoms with E-state index in [1.54, 1.807) is 24.4 Å². The van der Waals surface area contributed by atoms with Gasteiger partial charge < -0.3 is 5.32 Å². The number of anilines is 1. The first-order valence-corrected chi connectivity index (χ1v) is 9.54. The molecule has 0 saturated carbocycles. The molecule has 0 aliphatic carbocycles. The largest absolute Gasteiger partial charge is 0.416 e.